The Kier molecular flexibility index (Phi) is 6.88. The normalized spacial score (nSPS) is 35.4. The molecule has 3 aliphatic rings. The highest BCUT2D eigenvalue weighted by Gasteiger charge is 2.53. The van der Waals surface area contributed by atoms with Gasteiger partial charge >= 0.3 is 0 Å². The van der Waals surface area contributed by atoms with Crippen molar-refractivity contribution in [1.29, 1.82) is 0 Å². The summed E-state index contributed by atoms with van der Waals surface area (Å²) in [5, 5.41) is 28.2. The molecule has 0 unspecified atom stereocenters. The summed E-state index contributed by atoms with van der Waals surface area (Å²) in [6.45, 7) is 8.69. The number of hydrogen-bond acceptors (Lipinski definition) is 7. The number of rotatable bonds is 3. The highest BCUT2D eigenvalue weighted by molar-refractivity contribution is 5.85. The Morgan fingerprint density at radius 2 is 1.83 bits per heavy atom. The molecule has 6 atom stereocenters. The summed E-state index contributed by atoms with van der Waals surface area (Å²) in [6.07, 6.45) is 0.0201. The van der Waals surface area contributed by atoms with Gasteiger partial charge < -0.3 is 25.0 Å². The maximum atomic E-state index is 13.3. The fourth-order valence-corrected chi connectivity index (χ4v) is 5.27. The van der Waals surface area contributed by atoms with Crippen LogP contribution in [0, 0.1) is 23.7 Å². The van der Waals surface area contributed by atoms with E-state index in [-0.39, 0.29) is 53.8 Å². The molecule has 4 rings (SSSR count). The van der Waals surface area contributed by atoms with E-state index in [0.29, 0.717) is 25.5 Å². The lowest BCUT2D eigenvalue weighted by Crippen LogP contribution is -2.56. The van der Waals surface area contributed by atoms with Crippen molar-refractivity contribution in [3.63, 3.8) is 0 Å². The van der Waals surface area contributed by atoms with Crippen molar-refractivity contribution in [2.45, 2.75) is 57.7 Å². The van der Waals surface area contributed by atoms with Crippen molar-refractivity contribution >= 4 is 18.3 Å². The van der Waals surface area contributed by atoms with Crippen LogP contribution in [0.15, 0.2) is 4.52 Å². The van der Waals surface area contributed by atoms with Crippen LogP contribution in [0.2, 0.25) is 0 Å². The van der Waals surface area contributed by atoms with Crippen LogP contribution in [0.5, 0.6) is 0 Å². The third-order valence-electron chi connectivity index (χ3n) is 7.08. The largest absolute Gasteiger partial charge is 0.390 e. The predicted octanol–water partition coefficient (Wildman–Crippen LogP) is 1.14. The number of likely N-dealkylation sites (tertiary alicyclic amines) is 1. The van der Waals surface area contributed by atoms with Gasteiger partial charge in [-0.25, -0.2) is 0 Å². The van der Waals surface area contributed by atoms with Crippen molar-refractivity contribution in [1.82, 2.24) is 20.4 Å². The van der Waals surface area contributed by atoms with Gasteiger partial charge in [0.2, 0.25) is 11.8 Å². The zero-order valence-corrected chi connectivity index (χ0v) is 18.1. The third-order valence-corrected chi connectivity index (χ3v) is 7.08. The quantitative estimate of drug-likeness (QED) is 0.661. The molecule has 8 nitrogen and oxygen atoms in total. The van der Waals surface area contributed by atoms with Gasteiger partial charge in [0, 0.05) is 43.3 Å². The van der Waals surface area contributed by atoms with Crippen molar-refractivity contribution < 1.29 is 19.5 Å². The zero-order valence-electron chi connectivity index (χ0n) is 17.3. The van der Waals surface area contributed by atoms with E-state index in [4.69, 9.17) is 4.52 Å². The molecule has 0 spiro atoms. The first kappa shape index (κ1) is 22.5. The van der Waals surface area contributed by atoms with Gasteiger partial charge in [0.25, 0.3) is 0 Å². The Morgan fingerprint density at radius 1 is 1.17 bits per heavy atom. The molecule has 164 valence electrons. The number of nitrogens with one attached hydrogen (secondary N) is 1. The second kappa shape index (κ2) is 8.88. The average molecular weight is 429 g/mol. The van der Waals surface area contributed by atoms with E-state index >= 15 is 0 Å². The average Bonchev–Trinajstić information content (AvgIpc) is 3.36. The Balaban J connectivity index is 0.00000240. The van der Waals surface area contributed by atoms with E-state index in [0.717, 1.165) is 25.2 Å². The van der Waals surface area contributed by atoms with Gasteiger partial charge in [-0.05, 0) is 31.2 Å². The number of amides is 1. The van der Waals surface area contributed by atoms with Gasteiger partial charge in [-0.1, -0.05) is 25.9 Å². The number of carbonyl (C=O) groups excluding carboxylic acids is 1. The smallest absolute Gasteiger partial charge is 0.229 e. The van der Waals surface area contributed by atoms with E-state index in [1.54, 1.807) is 0 Å². The second-order valence-electron chi connectivity index (χ2n) is 9.10. The molecule has 1 aliphatic carbocycles. The van der Waals surface area contributed by atoms with Crippen LogP contribution in [-0.2, 0) is 4.79 Å². The lowest BCUT2D eigenvalue weighted by molar-refractivity contribution is -0.156. The van der Waals surface area contributed by atoms with Crippen LogP contribution in [0.1, 0.15) is 57.2 Å². The molecule has 9 heteroatoms. The summed E-state index contributed by atoms with van der Waals surface area (Å²) >= 11 is 0. The van der Waals surface area contributed by atoms with E-state index in [2.05, 4.69) is 15.5 Å². The molecule has 2 aliphatic heterocycles. The summed E-state index contributed by atoms with van der Waals surface area (Å²) in [5.74, 6) is 1.51. The predicted molar refractivity (Wildman–Crippen MR) is 109 cm³/mol. The molecule has 1 aromatic heterocycles. The summed E-state index contributed by atoms with van der Waals surface area (Å²) in [6, 6.07) is 0. The number of carbonyl (C=O) groups is 1. The van der Waals surface area contributed by atoms with Crippen molar-refractivity contribution in [3.05, 3.63) is 11.7 Å². The molecule has 2 saturated heterocycles. The first-order valence-electron chi connectivity index (χ1n) is 10.6. The Labute approximate surface area is 177 Å². The molecular formula is C20H33ClN4O4. The minimum atomic E-state index is -0.847. The summed E-state index contributed by atoms with van der Waals surface area (Å²) < 4.78 is 5.44. The van der Waals surface area contributed by atoms with Crippen molar-refractivity contribution in [3.8, 4) is 0 Å². The van der Waals surface area contributed by atoms with Crippen molar-refractivity contribution in [2.75, 3.05) is 26.2 Å². The molecule has 1 saturated carbocycles. The number of aromatic nitrogens is 2. The maximum Gasteiger partial charge on any atom is 0.229 e. The number of aliphatic hydroxyl groups excluding tert-OH is 2. The third kappa shape index (κ3) is 4.04. The standard InChI is InChI=1S/C20H32N4O4.ClH/c1-10(2)18-22-19(28-23-18)12-4-6-24(7-5-12)20(27)15-11(3)16(25)17(26)14-9-21-8-13(14)15;/h10-17,21,25-26H,4-9H2,1-3H3;1H/t11-,13+,14+,15+,16+,17+;/m1./s1. The van der Waals surface area contributed by atoms with Gasteiger partial charge in [-0.15, -0.1) is 12.4 Å². The maximum absolute atomic E-state index is 13.3. The first-order valence-corrected chi connectivity index (χ1v) is 10.6. The summed E-state index contributed by atoms with van der Waals surface area (Å²) in [4.78, 5) is 19.8. The van der Waals surface area contributed by atoms with Gasteiger partial charge in [0.15, 0.2) is 5.82 Å². The van der Waals surface area contributed by atoms with Gasteiger partial charge in [-0.2, -0.15) is 4.98 Å². The van der Waals surface area contributed by atoms with Crippen LogP contribution in [0.3, 0.4) is 0 Å². The number of aliphatic hydroxyl groups is 2. The molecule has 1 amide bonds. The second-order valence-corrected chi connectivity index (χ2v) is 9.10. The van der Waals surface area contributed by atoms with Gasteiger partial charge in [0.1, 0.15) is 0 Å². The summed E-state index contributed by atoms with van der Waals surface area (Å²) in [7, 11) is 0. The topological polar surface area (TPSA) is 112 Å². The monoisotopic (exact) mass is 428 g/mol. The number of halogens is 1. The number of fused-ring (bicyclic) bond motifs is 1. The molecule has 29 heavy (non-hydrogen) atoms. The Morgan fingerprint density at radius 3 is 2.45 bits per heavy atom. The SMILES string of the molecule is CC(C)c1noc(C2CCN(C(=O)[C@H]3[C@@H](C)[C@H](O)[C@@H](O)[C@H]4CNC[C@@H]43)CC2)n1.Cl. The molecule has 3 fully saturated rings. The van der Waals surface area contributed by atoms with Gasteiger partial charge in [0.05, 0.1) is 12.2 Å². The fourth-order valence-electron chi connectivity index (χ4n) is 5.27. The number of hydrogen-bond donors (Lipinski definition) is 3. The molecule has 0 radical (unpaired) electrons. The molecule has 1 aromatic rings. The molecular weight excluding hydrogens is 396 g/mol. The van der Waals surface area contributed by atoms with E-state index in [9.17, 15) is 15.0 Å². The molecule has 0 aromatic carbocycles. The zero-order chi connectivity index (χ0) is 20.0. The van der Waals surface area contributed by atoms with Crippen LogP contribution in [-0.4, -0.2) is 69.5 Å². The Hall–Kier alpha value is -1.22. The van der Waals surface area contributed by atoms with Crippen LogP contribution < -0.4 is 5.32 Å². The molecule has 3 heterocycles. The first-order chi connectivity index (χ1) is 13.4. The van der Waals surface area contributed by atoms with Gasteiger partial charge in [-0.3, -0.25) is 4.79 Å². The summed E-state index contributed by atoms with van der Waals surface area (Å²) in [5.41, 5.74) is 0. The van der Waals surface area contributed by atoms with Crippen LogP contribution in [0.25, 0.3) is 0 Å². The van der Waals surface area contributed by atoms with E-state index in [1.807, 2.05) is 25.7 Å². The fraction of sp³-hybridized carbons (Fsp3) is 0.850. The molecule has 0 bridgehead atoms. The number of nitrogens with zero attached hydrogens (tertiary/aromatic N) is 3. The van der Waals surface area contributed by atoms with E-state index < -0.39 is 12.2 Å². The number of piperidine rings is 1. The minimum Gasteiger partial charge on any atom is -0.390 e. The van der Waals surface area contributed by atoms with E-state index in [1.165, 1.54) is 0 Å². The highest BCUT2D eigenvalue weighted by Crippen LogP contribution is 2.42. The lowest BCUT2D eigenvalue weighted by atomic mass is 9.65. The lowest BCUT2D eigenvalue weighted by Gasteiger charge is -2.45. The highest BCUT2D eigenvalue weighted by atomic mass is 35.5. The van der Waals surface area contributed by atoms with Crippen molar-refractivity contribution in [2.24, 2.45) is 23.7 Å². The van der Waals surface area contributed by atoms with Crippen LogP contribution >= 0.6 is 12.4 Å². The molecule has 3 N–H and O–H groups in total. The van der Waals surface area contributed by atoms with Crippen LogP contribution in [0.4, 0.5) is 0 Å². The minimum absolute atomic E-state index is 0. The Bertz CT molecular complexity index is 706.